The van der Waals surface area contributed by atoms with Crippen LogP contribution in [0.5, 0.6) is 5.75 Å². The van der Waals surface area contributed by atoms with Gasteiger partial charge < -0.3 is 9.64 Å². The van der Waals surface area contributed by atoms with E-state index in [2.05, 4.69) is 57.5 Å². The van der Waals surface area contributed by atoms with E-state index in [0.29, 0.717) is 18.8 Å². The first kappa shape index (κ1) is 16.8. The van der Waals surface area contributed by atoms with Crippen LogP contribution in [0.2, 0.25) is 0 Å². The number of carbonyl (C=O) groups is 1. The molecule has 1 aromatic heterocycles. The standard InChI is InChI=1S/C16H17BrIN3O2/c1-16(2)9-20(8-10-4-6-11(23-3)7-5-10)15(22)13-12(18)14(17)19-21(13)16/h4-7H,8-9H2,1-3H3. The number of fused-ring (bicyclic) bond motifs is 1. The molecule has 122 valence electrons. The summed E-state index contributed by atoms with van der Waals surface area (Å²) < 4.78 is 8.60. The predicted octanol–water partition coefficient (Wildman–Crippen LogP) is 3.65. The first-order valence-corrected chi connectivity index (χ1v) is 9.07. The van der Waals surface area contributed by atoms with Gasteiger partial charge in [-0.3, -0.25) is 9.48 Å². The molecular formula is C16H17BrIN3O2. The molecule has 0 N–H and O–H groups in total. The second-order valence-electron chi connectivity index (χ2n) is 6.19. The zero-order valence-corrected chi connectivity index (χ0v) is 16.9. The molecule has 0 saturated heterocycles. The number of benzene rings is 1. The fraction of sp³-hybridized carbons (Fsp3) is 0.375. The van der Waals surface area contributed by atoms with Gasteiger partial charge in [-0.1, -0.05) is 12.1 Å². The molecule has 0 aliphatic carbocycles. The quantitative estimate of drug-likeness (QED) is 0.618. The van der Waals surface area contributed by atoms with Gasteiger partial charge in [0.25, 0.3) is 5.91 Å². The molecule has 7 heteroatoms. The third kappa shape index (κ3) is 3.00. The molecule has 0 saturated carbocycles. The van der Waals surface area contributed by atoms with Crippen LogP contribution in [0.3, 0.4) is 0 Å². The number of amides is 1. The predicted molar refractivity (Wildman–Crippen MR) is 99.7 cm³/mol. The average molecular weight is 490 g/mol. The molecule has 0 bridgehead atoms. The van der Waals surface area contributed by atoms with Crippen LogP contribution < -0.4 is 4.74 Å². The first-order valence-electron chi connectivity index (χ1n) is 7.20. The van der Waals surface area contributed by atoms with Gasteiger partial charge in [0.15, 0.2) is 0 Å². The Kier molecular flexibility index (Phi) is 4.43. The van der Waals surface area contributed by atoms with E-state index in [-0.39, 0.29) is 11.4 Å². The van der Waals surface area contributed by atoms with Crippen molar-refractivity contribution in [1.29, 1.82) is 0 Å². The van der Waals surface area contributed by atoms with Gasteiger partial charge in [0.1, 0.15) is 16.0 Å². The largest absolute Gasteiger partial charge is 0.497 e. The van der Waals surface area contributed by atoms with Crippen molar-refractivity contribution in [2.45, 2.75) is 25.9 Å². The number of ether oxygens (including phenoxy) is 1. The lowest BCUT2D eigenvalue weighted by Gasteiger charge is -2.38. The van der Waals surface area contributed by atoms with Crippen molar-refractivity contribution in [3.05, 3.63) is 43.7 Å². The number of methoxy groups -OCH3 is 1. The molecule has 1 aliphatic rings. The smallest absolute Gasteiger partial charge is 0.273 e. The molecule has 3 rings (SSSR count). The van der Waals surface area contributed by atoms with Crippen molar-refractivity contribution >= 4 is 44.4 Å². The molecule has 0 unspecified atom stereocenters. The van der Waals surface area contributed by atoms with E-state index in [0.717, 1.165) is 19.5 Å². The number of hydrogen-bond donors (Lipinski definition) is 0. The molecule has 2 aromatic rings. The van der Waals surface area contributed by atoms with E-state index < -0.39 is 0 Å². The van der Waals surface area contributed by atoms with Gasteiger partial charge in [-0.2, -0.15) is 5.10 Å². The zero-order valence-electron chi connectivity index (χ0n) is 13.1. The van der Waals surface area contributed by atoms with Crippen LogP contribution in [0.4, 0.5) is 0 Å². The molecule has 0 radical (unpaired) electrons. The minimum atomic E-state index is -0.248. The Balaban J connectivity index is 1.92. The highest BCUT2D eigenvalue weighted by Gasteiger charge is 2.39. The van der Waals surface area contributed by atoms with Crippen LogP contribution in [0.25, 0.3) is 0 Å². The summed E-state index contributed by atoms with van der Waals surface area (Å²) in [6.07, 6.45) is 0. The highest BCUT2D eigenvalue weighted by atomic mass is 127. The summed E-state index contributed by atoms with van der Waals surface area (Å²) in [5, 5.41) is 4.48. The summed E-state index contributed by atoms with van der Waals surface area (Å²) in [7, 11) is 1.65. The molecule has 23 heavy (non-hydrogen) atoms. The summed E-state index contributed by atoms with van der Waals surface area (Å²) in [5.41, 5.74) is 1.49. The molecular weight excluding hydrogens is 473 g/mol. The molecule has 0 spiro atoms. The van der Waals surface area contributed by atoms with Gasteiger partial charge in [-0.25, -0.2) is 0 Å². The van der Waals surface area contributed by atoms with Gasteiger partial charge in [-0.15, -0.1) is 0 Å². The summed E-state index contributed by atoms with van der Waals surface area (Å²) in [4.78, 5) is 14.8. The SMILES string of the molecule is COc1ccc(CN2CC(C)(C)n3nc(Br)c(I)c3C2=O)cc1. The number of rotatable bonds is 3. The Bertz CT molecular complexity index is 755. The van der Waals surface area contributed by atoms with Crippen molar-refractivity contribution < 1.29 is 9.53 Å². The Morgan fingerprint density at radius 3 is 2.61 bits per heavy atom. The number of halogens is 2. The monoisotopic (exact) mass is 489 g/mol. The van der Waals surface area contributed by atoms with Crippen LogP contribution in [-0.2, 0) is 12.1 Å². The normalized spacial score (nSPS) is 16.4. The minimum absolute atomic E-state index is 0.0164. The van der Waals surface area contributed by atoms with Gasteiger partial charge in [0.2, 0.25) is 0 Å². The van der Waals surface area contributed by atoms with Crippen molar-refractivity contribution in [2.75, 3.05) is 13.7 Å². The molecule has 2 heterocycles. The molecule has 1 aromatic carbocycles. The van der Waals surface area contributed by atoms with E-state index >= 15 is 0 Å². The maximum atomic E-state index is 12.9. The third-order valence-corrected chi connectivity index (χ3v) is 6.28. The molecule has 1 amide bonds. The van der Waals surface area contributed by atoms with Crippen LogP contribution in [0.15, 0.2) is 28.9 Å². The lowest BCUT2D eigenvalue weighted by molar-refractivity contribution is 0.0554. The van der Waals surface area contributed by atoms with Gasteiger partial charge in [0, 0.05) is 13.1 Å². The van der Waals surface area contributed by atoms with Gasteiger partial charge >= 0.3 is 0 Å². The second-order valence-corrected chi connectivity index (χ2v) is 8.02. The Morgan fingerprint density at radius 2 is 2.00 bits per heavy atom. The Hall–Kier alpha value is -1.09. The number of carbonyl (C=O) groups excluding carboxylic acids is 1. The lowest BCUT2D eigenvalue weighted by Crippen LogP contribution is -2.51. The molecule has 0 fully saturated rings. The van der Waals surface area contributed by atoms with E-state index in [1.165, 1.54) is 0 Å². The third-order valence-electron chi connectivity index (χ3n) is 3.96. The summed E-state index contributed by atoms with van der Waals surface area (Å²) in [6.45, 7) is 5.39. The summed E-state index contributed by atoms with van der Waals surface area (Å²) in [6, 6.07) is 7.82. The first-order chi connectivity index (χ1) is 10.8. The highest BCUT2D eigenvalue weighted by molar-refractivity contribution is 14.1. The van der Waals surface area contributed by atoms with Crippen molar-refractivity contribution in [3.63, 3.8) is 0 Å². The Morgan fingerprint density at radius 1 is 1.35 bits per heavy atom. The number of nitrogens with zero attached hydrogens (tertiary/aromatic N) is 3. The fourth-order valence-electron chi connectivity index (χ4n) is 2.83. The average Bonchev–Trinajstić information content (AvgIpc) is 2.82. The minimum Gasteiger partial charge on any atom is -0.497 e. The van der Waals surface area contributed by atoms with E-state index in [1.54, 1.807) is 7.11 Å². The van der Waals surface area contributed by atoms with Crippen LogP contribution in [0.1, 0.15) is 29.9 Å². The molecule has 5 nitrogen and oxygen atoms in total. The maximum Gasteiger partial charge on any atom is 0.273 e. The summed E-state index contributed by atoms with van der Waals surface area (Å²) in [5.74, 6) is 0.832. The number of aromatic nitrogens is 2. The van der Waals surface area contributed by atoms with Gasteiger partial charge in [-0.05, 0) is 70.1 Å². The van der Waals surface area contributed by atoms with E-state index in [4.69, 9.17) is 4.74 Å². The summed E-state index contributed by atoms with van der Waals surface area (Å²) >= 11 is 5.60. The molecule has 0 atom stereocenters. The van der Waals surface area contributed by atoms with Crippen LogP contribution >= 0.6 is 38.5 Å². The van der Waals surface area contributed by atoms with Crippen molar-refractivity contribution in [3.8, 4) is 5.75 Å². The Labute approximate surface area is 157 Å². The van der Waals surface area contributed by atoms with E-state index in [1.807, 2.05) is 33.8 Å². The van der Waals surface area contributed by atoms with Crippen molar-refractivity contribution in [2.24, 2.45) is 0 Å². The second kappa shape index (κ2) is 6.08. The van der Waals surface area contributed by atoms with Crippen LogP contribution in [-0.4, -0.2) is 34.2 Å². The topological polar surface area (TPSA) is 47.4 Å². The number of hydrogen-bond acceptors (Lipinski definition) is 3. The zero-order chi connectivity index (χ0) is 16.8. The molecule has 1 aliphatic heterocycles. The fourth-order valence-corrected chi connectivity index (χ4v) is 3.74. The lowest BCUT2D eigenvalue weighted by atomic mass is 10.0. The van der Waals surface area contributed by atoms with E-state index in [9.17, 15) is 4.79 Å². The van der Waals surface area contributed by atoms with Crippen LogP contribution in [0, 0.1) is 3.57 Å². The highest BCUT2D eigenvalue weighted by Crippen LogP contribution is 2.33. The maximum absolute atomic E-state index is 12.9. The van der Waals surface area contributed by atoms with Gasteiger partial charge in [0.05, 0.1) is 16.2 Å². The van der Waals surface area contributed by atoms with Crippen molar-refractivity contribution in [1.82, 2.24) is 14.7 Å².